The Morgan fingerprint density at radius 3 is 2.75 bits per heavy atom. The van der Waals surface area contributed by atoms with E-state index in [1.807, 2.05) is 6.92 Å². The molecule has 1 aliphatic rings. The maximum Gasteiger partial charge on any atom is 0.320 e. The van der Waals surface area contributed by atoms with E-state index in [0.717, 1.165) is 32.0 Å². The predicted octanol–water partition coefficient (Wildman–Crippen LogP) is 1.17. The quantitative estimate of drug-likeness (QED) is 0.622. The second-order valence-electron chi connectivity index (χ2n) is 4.84. The minimum atomic E-state index is -0.728. The van der Waals surface area contributed by atoms with Crippen LogP contribution in [0.1, 0.15) is 32.6 Å². The fourth-order valence-corrected chi connectivity index (χ4v) is 1.81. The van der Waals surface area contributed by atoms with Gasteiger partial charge >= 0.3 is 5.97 Å². The first-order valence-electron chi connectivity index (χ1n) is 6.28. The molecule has 16 heavy (non-hydrogen) atoms. The fraction of sp³-hybridized carbons (Fsp3) is 0.917. The molecule has 94 valence electrons. The summed E-state index contributed by atoms with van der Waals surface area (Å²) in [7, 11) is 2.08. The zero-order valence-electron chi connectivity index (χ0n) is 10.4. The smallest absolute Gasteiger partial charge is 0.320 e. The van der Waals surface area contributed by atoms with Crippen molar-refractivity contribution in [1.29, 1.82) is 0 Å². The minimum Gasteiger partial charge on any atom is -0.480 e. The molecule has 0 radical (unpaired) electrons. The van der Waals surface area contributed by atoms with Gasteiger partial charge in [-0.05, 0) is 51.7 Å². The molecule has 1 unspecified atom stereocenters. The number of aliphatic carboxylic acids is 1. The number of hydrogen-bond donors (Lipinski definition) is 2. The molecule has 0 aliphatic heterocycles. The highest BCUT2D eigenvalue weighted by Crippen LogP contribution is 2.29. The Labute approximate surface area is 98.0 Å². The normalized spacial score (nSPS) is 17.7. The third kappa shape index (κ3) is 5.47. The van der Waals surface area contributed by atoms with E-state index in [0.29, 0.717) is 6.42 Å². The Hall–Kier alpha value is -0.610. The van der Waals surface area contributed by atoms with E-state index in [-0.39, 0.29) is 6.04 Å². The summed E-state index contributed by atoms with van der Waals surface area (Å²) in [5.74, 6) is 0.144. The van der Waals surface area contributed by atoms with Gasteiger partial charge in [0.05, 0.1) is 0 Å². The molecule has 0 aromatic heterocycles. The maximum atomic E-state index is 11.0. The summed E-state index contributed by atoms with van der Waals surface area (Å²) in [5, 5.41) is 12.1. The van der Waals surface area contributed by atoms with Gasteiger partial charge in [-0.25, -0.2) is 0 Å². The number of carboxylic acids is 1. The van der Waals surface area contributed by atoms with Crippen molar-refractivity contribution >= 4 is 5.97 Å². The second-order valence-corrected chi connectivity index (χ2v) is 4.84. The Morgan fingerprint density at radius 1 is 1.56 bits per heavy atom. The number of hydrogen-bond acceptors (Lipinski definition) is 3. The molecule has 1 saturated carbocycles. The van der Waals surface area contributed by atoms with Crippen LogP contribution < -0.4 is 5.32 Å². The summed E-state index contributed by atoms with van der Waals surface area (Å²) in [6, 6.07) is -0.387. The average molecular weight is 228 g/mol. The molecule has 0 aromatic rings. The van der Waals surface area contributed by atoms with Gasteiger partial charge in [-0.1, -0.05) is 6.92 Å². The third-order valence-electron chi connectivity index (χ3n) is 3.01. The summed E-state index contributed by atoms with van der Waals surface area (Å²) in [4.78, 5) is 13.2. The van der Waals surface area contributed by atoms with E-state index < -0.39 is 5.97 Å². The Bertz CT molecular complexity index is 217. The van der Waals surface area contributed by atoms with Gasteiger partial charge in [-0.3, -0.25) is 4.79 Å². The van der Waals surface area contributed by atoms with Crippen LogP contribution in [0.2, 0.25) is 0 Å². The van der Waals surface area contributed by atoms with Crippen LogP contribution in [-0.2, 0) is 4.79 Å². The van der Waals surface area contributed by atoms with E-state index in [9.17, 15) is 4.79 Å². The predicted molar refractivity (Wildman–Crippen MR) is 64.6 cm³/mol. The number of carbonyl (C=O) groups is 1. The SMILES string of the molecule is CCCNC(CCN(C)CC1CC1)C(=O)O. The van der Waals surface area contributed by atoms with Gasteiger partial charge in [0, 0.05) is 6.54 Å². The van der Waals surface area contributed by atoms with E-state index in [1.54, 1.807) is 0 Å². The molecule has 4 heteroatoms. The molecule has 1 aliphatic carbocycles. The number of nitrogens with one attached hydrogen (secondary N) is 1. The first-order valence-corrected chi connectivity index (χ1v) is 6.28. The van der Waals surface area contributed by atoms with Crippen LogP contribution in [0.3, 0.4) is 0 Å². The topological polar surface area (TPSA) is 52.6 Å². The van der Waals surface area contributed by atoms with Crippen LogP contribution in [0.15, 0.2) is 0 Å². The molecule has 0 spiro atoms. The molecule has 2 N–H and O–H groups in total. The minimum absolute atomic E-state index is 0.387. The number of nitrogens with zero attached hydrogens (tertiary/aromatic N) is 1. The zero-order valence-corrected chi connectivity index (χ0v) is 10.4. The molecule has 1 atom stereocenters. The van der Waals surface area contributed by atoms with Gasteiger partial charge in [0.25, 0.3) is 0 Å². The van der Waals surface area contributed by atoms with Gasteiger partial charge in [0.1, 0.15) is 6.04 Å². The highest BCUT2D eigenvalue weighted by molar-refractivity contribution is 5.73. The standard InChI is InChI=1S/C12H24N2O2/c1-3-7-13-11(12(15)16)6-8-14(2)9-10-4-5-10/h10-11,13H,3-9H2,1-2H3,(H,15,16). The second kappa shape index (κ2) is 6.86. The van der Waals surface area contributed by atoms with Gasteiger partial charge in [0.2, 0.25) is 0 Å². The van der Waals surface area contributed by atoms with E-state index in [4.69, 9.17) is 5.11 Å². The Morgan fingerprint density at radius 2 is 2.25 bits per heavy atom. The van der Waals surface area contributed by atoms with Crippen LogP contribution in [0, 0.1) is 5.92 Å². The van der Waals surface area contributed by atoms with Crippen molar-refractivity contribution in [3.63, 3.8) is 0 Å². The molecule has 4 nitrogen and oxygen atoms in total. The molecular formula is C12H24N2O2. The number of rotatable bonds is 9. The average Bonchev–Trinajstić information content (AvgIpc) is 3.01. The molecule has 1 fully saturated rings. The van der Waals surface area contributed by atoms with Crippen LogP contribution in [0.25, 0.3) is 0 Å². The van der Waals surface area contributed by atoms with Crippen molar-refractivity contribution in [2.24, 2.45) is 5.92 Å². The summed E-state index contributed by atoms with van der Waals surface area (Å²) in [6.45, 7) is 4.82. The molecular weight excluding hydrogens is 204 g/mol. The van der Waals surface area contributed by atoms with Crippen LogP contribution >= 0.6 is 0 Å². The first kappa shape index (κ1) is 13.5. The van der Waals surface area contributed by atoms with Gasteiger partial charge in [-0.15, -0.1) is 0 Å². The Kier molecular flexibility index (Phi) is 5.77. The monoisotopic (exact) mass is 228 g/mol. The lowest BCUT2D eigenvalue weighted by Crippen LogP contribution is -2.40. The third-order valence-corrected chi connectivity index (χ3v) is 3.01. The molecule has 0 saturated heterocycles. The summed E-state index contributed by atoms with van der Waals surface area (Å²) < 4.78 is 0. The maximum absolute atomic E-state index is 11.0. The van der Waals surface area contributed by atoms with E-state index in [1.165, 1.54) is 12.8 Å². The van der Waals surface area contributed by atoms with Gasteiger partial charge in [0.15, 0.2) is 0 Å². The molecule has 1 rings (SSSR count). The van der Waals surface area contributed by atoms with Crippen LogP contribution in [0.4, 0.5) is 0 Å². The first-order chi connectivity index (χ1) is 7.63. The molecule has 0 amide bonds. The van der Waals surface area contributed by atoms with Crippen molar-refractivity contribution in [3.8, 4) is 0 Å². The lowest BCUT2D eigenvalue weighted by Gasteiger charge is -2.19. The molecule has 0 bridgehead atoms. The van der Waals surface area contributed by atoms with Crippen molar-refractivity contribution in [2.75, 3.05) is 26.7 Å². The fourth-order valence-electron chi connectivity index (χ4n) is 1.81. The van der Waals surface area contributed by atoms with Crippen molar-refractivity contribution < 1.29 is 9.90 Å². The Balaban J connectivity index is 2.16. The van der Waals surface area contributed by atoms with Gasteiger partial charge in [-0.2, -0.15) is 0 Å². The van der Waals surface area contributed by atoms with E-state index in [2.05, 4.69) is 17.3 Å². The molecule has 0 aromatic carbocycles. The summed E-state index contributed by atoms with van der Waals surface area (Å²) in [5.41, 5.74) is 0. The van der Waals surface area contributed by atoms with Crippen LogP contribution in [-0.4, -0.2) is 48.7 Å². The summed E-state index contributed by atoms with van der Waals surface area (Å²) in [6.07, 6.45) is 4.36. The summed E-state index contributed by atoms with van der Waals surface area (Å²) >= 11 is 0. The van der Waals surface area contributed by atoms with Crippen molar-refractivity contribution in [3.05, 3.63) is 0 Å². The highest BCUT2D eigenvalue weighted by Gasteiger charge is 2.23. The lowest BCUT2D eigenvalue weighted by atomic mass is 10.2. The largest absolute Gasteiger partial charge is 0.480 e. The van der Waals surface area contributed by atoms with Crippen molar-refractivity contribution in [1.82, 2.24) is 10.2 Å². The van der Waals surface area contributed by atoms with Crippen molar-refractivity contribution in [2.45, 2.75) is 38.6 Å². The van der Waals surface area contributed by atoms with E-state index >= 15 is 0 Å². The molecule has 0 heterocycles. The van der Waals surface area contributed by atoms with Crippen LogP contribution in [0.5, 0.6) is 0 Å². The highest BCUT2D eigenvalue weighted by atomic mass is 16.4. The van der Waals surface area contributed by atoms with Gasteiger partial charge < -0.3 is 15.3 Å². The number of carboxylic acid groups (broad SMARTS) is 1. The lowest BCUT2D eigenvalue weighted by molar-refractivity contribution is -0.139. The zero-order chi connectivity index (χ0) is 12.0.